The summed E-state index contributed by atoms with van der Waals surface area (Å²) >= 11 is 0. The first-order valence-corrected chi connectivity index (χ1v) is 8.50. The molecule has 1 amide bonds. The van der Waals surface area contributed by atoms with Gasteiger partial charge in [-0.25, -0.2) is 4.98 Å². The molecule has 0 aliphatic heterocycles. The molecule has 0 aliphatic rings. The molecule has 0 radical (unpaired) electrons. The van der Waals surface area contributed by atoms with Gasteiger partial charge in [0.2, 0.25) is 0 Å². The lowest BCUT2D eigenvalue weighted by atomic mass is 10.2. The van der Waals surface area contributed by atoms with Crippen molar-refractivity contribution in [3.8, 4) is 0 Å². The molecule has 0 aliphatic carbocycles. The van der Waals surface area contributed by atoms with Crippen LogP contribution in [0.2, 0.25) is 0 Å². The first kappa shape index (κ1) is 18.6. The Labute approximate surface area is 145 Å². The minimum absolute atomic E-state index is 0.0460. The summed E-state index contributed by atoms with van der Waals surface area (Å²) < 4.78 is 4.93. The number of nitrogens with zero attached hydrogens (tertiary/aromatic N) is 1. The summed E-state index contributed by atoms with van der Waals surface area (Å²) in [6.07, 6.45) is 3.34. The summed E-state index contributed by atoms with van der Waals surface area (Å²) in [6.45, 7) is 2.39. The van der Waals surface area contributed by atoms with Gasteiger partial charge >= 0.3 is 5.97 Å². The lowest BCUT2D eigenvalue weighted by molar-refractivity contribution is -0.148. The Morgan fingerprint density at radius 1 is 1.24 bits per heavy atom. The van der Waals surface area contributed by atoms with Crippen LogP contribution >= 0.6 is 0 Å². The molecule has 0 unspecified atom stereocenters. The average molecular weight is 345 g/mol. The van der Waals surface area contributed by atoms with E-state index in [4.69, 9.17) is 4.74 Å². The standard InChI is InChI=1S/C18H23N3O4/c1-2-3-6-11-19-16(22)12-25-17(23)10-9-15-20-14-8-5-4-7-13(14)18(24)21-15/h4-5,7-8H,2-3,6,9-12H2,1H3,(H,19,22)(H,20,21,24). The molecule has 2 aromatic rings. The van der Waals surface area contributed by atoms with Gasteiger partial charge in [-0.05, 0) is 18.6 Å². The van der Waals surface area contributed by atoms with Crippen LogP contribution in [-0.4, -0.2) is 35.0 Å². The fourth-order valence-corrected chi connectivity index (χ4v) is 2.35. The molecule has 2 rings (SSSR count). The van der Waals surface area contributed by atoms with Crippen molar-refractivity contribution in [1.82, 2.24) is 15.3 Å². The van der Waals surface area contributed by atoms with Crippen molar-refractivity contribution in [2.45, 2.75) is 39.0 Å². The largest absolute Gasteiger partial charge is 0.456 e. The molecule has 25 heavy (non-hydrogen) atoms. The third-order valence-corrected chi connectivity index (χ3v) is 3.69. The molecular formula is C18H23N3O4. The van der Waals surface area contributed by atoms with Crippen molar-refractivity contribution in [1.29, 1.82) is 0 Å². The summed E-state index contributed by atoms with van der Waals surface area (Å²) in [5, 5.41) is 3.21. The quantitative estimate of drug-likeness (QED) is 0.532. The van der Waals surface area contributed by atoms with Gasteiger partial charge in [-0.15, -0.1) is 0 Å². The number of aryl methyl sites for hydroxylation is 1. The molecule has 7 heteroatoms. The number of unbranched alkanes of at least 4 members (excludes halogenated alkanes) is 2. The monoisotopic (exact) mass is 345 g/mol. The van der Waals surface area contributed by atoms with Gasteiger partial charge in [-0.2, -0.15) is 0 Å². The van der Waals surface area contributed by atoms with E-state index >= 15 is 0 Å². The summed E-state index contributed by atoms with van der Waals surface area (Å²) in [5.74, 6) is -0.383. The SMILES string of the molecule is CCCCCNC(=O)COC(=O)CCc1nc2ccccc2c(=O)[nH]1. The molecule has 1 aromatic carbocycles. The molecule has 0 spiro atoms. The zero-order chi connectivity index (χ0) is 18.1. The zero-order valence-corrected chi connectivity index (χ0v) is 14.3. The Hall–Kier alpha value is -2.70. The van der Waals surface area contributed by atoms with Crippen molar-refractivity contribution in [2.75, 3.05) is 13.2 Å². The maximum atomic E-state index is 11.9. The second-order valence-corrected chi connectivity index (χ2v) is 5.75. The van der Waals surface area contributed by atoms with Crippen molar-refractivity contribution >= 4 is 22.8 Å². The number of fused-ring (bicyclic) bond motifs is 1. The third-order valence-electron chi connectivity index (χ3n) is 3.69. The van der Waals surface area contributed by atoms with E-state index in [1.807, 2.05) is 0 Å². The van der Waals surface area contributed by atoms with E-state index in [0.29, 0.717) is 23.3 Å². The Balaban J connectivity index is 1.76. The Kier molecular flexibility index (Phi) is 7.13. The molecule has 0 bridgehead atoms. The minimum atomic E-state index is -0.500. The van der Waals surface area contributed by atoms with Crippen LogP contribution in [-0.2, 0) is 20.7 Å². The number of H-pyrrole nitrogens is 1. The normalized spacial score (nSPS) is 10.6. The van der Waals surface area contributed by atoms with Gasteiger partial charge < -0.3 is 15.0 Å². The number of para-hydroxylation sites is 1. The number of nitrogens with one attached hydrogen (secondary N) is 2. The molecule has 1 aromatic heterocycles. The van der Waals surface area contributed by atoms with Crippen molar-refractivity contribution in [2.24, 2.45) is 0 Å². The van der Waals surface area contributed by atoms with Crippen molar-refractivity contribution < 1.29 is 14.3 Å². The number of ether oxygens (including phenoxy) is 1. The van der Waals surface area contributed by atoms with E-state index in [1.54, 1.807) is 24.3 Å². The number of hydrogen-bond acceptors (Lipinski definition) is 5. The number of hydrogen-bond donors (Lipinski definition) is 2. The number of esters is 1. The molecule has 0 fully saturated rings. The van der Waals surface area contributed by atoms with Crippen molar-refractivity contribution in [3.63, 3.8) is 0 Å². The van der Waals surface area contributed by atoms with Crippen molar-refractivity contribution in [3.05, 3.63) is 40.4 Å². The predicted molar refractivity (Wildman–Crippen MR) is 94.2 cm³/mol. The number of rotatable bonds is 9. The highest BCUT2D eigenvalue weighted by atomic mass is 16.5. The summed E-state index contributed by atoms with van der Waals surface area (Å²) in [6, 6.07) is 7.00. The highest BCUT2D eigenvalue weighted by molar-refractivity contribution is 5.80. The van der Waals surface area contributed by atoms with E-state index in [2.05, 4.69) is 22.2 Å². The Morgan fingerprint density at radius 3 is 2.84 bits per heavy atom. The van der Waals surface area contributed by atoms with Gasteiger partial charge in [0.1, 0.15) is 5.82 Å². The van der Waals surface area contributed by atoms with Gasteiger partial charge in [-0.3, -0.25) is 14.4 Å². The van der Waals surface area contributed by atoms with Crippen LogP contribution < -0.4 is 10.9 Å². The van der Waals surface area contributed by atoms with Crippen LogP contribution in [0.15, 0.2) is 29.1 Å². The topological polar surface area (TPSA) is 101 Å². The van der Waals surface area contributed by atoms with Crippen LogP contribution in [0.3, 0.4) is 0 Å². The maximum Gasteiger partial charge on any atom is 0.306 e. The van der Waals surface area contributed by atoms with Gasteiger partial charge in [0.15, 0.2) is 6.61 Å². The van der Waals surface area contributed by atoms with Crippen LogP contribution in [0.1, 0.15) is 38.4 Å². The molecule has 7 nitrogen and oxygen atoms in total. The fraction of sp³-hybridized carbons (Fsp3) is 0.444. The second-order valence-electron chi connectivity index (χ2n) is 5.75. The molecular weight excluding hydrogens is 322 g/mol. The summed E-state index contributed by atoms with van der Waals surface area (Å²) in [4.78, 5) is 42.2. The second kappa shape index (κ2) is 9.56. The number of carbonyl (C=O) groups is 2. The van der Waals surface area contributed by atoms with E-state index in [-0.39, 0.29) is 30.9 Å². The number of benzene rings is 1. The van der Waals surface area contributed by atoms with Crippen LogP contribution in [0.25, 0.3) is 10.9 Å². The van der Waals surface area contributed by atoms with E-state index in [9.17, 15) is 14.4 Å². The van der Waals surface area contributed by atoms with Gasteiger partial charge in [0.05, 0.1) is 17.3 Å². The Bertz CT molecular complexity index is 785. The van der Waals surface area contributed by atoms with E-state index in [1.165, 1.54) is 0 Å². The van der Waals surface area contributed by atoms with E-state index in [0.717, 1.165) is 19.3 Å². The van der Waals surface area contributed by atoms with Crippen LogP contribution in [0.4, 0.5) is 0 Å². The fourth-order valence-electron chi connectivity index (χ4n) is 2.35. The predicted octanol–water partition coefficient (Wildman–Crippen LogP) is 1.71. The molecule has 0 saturated carbocycles. The highest BCUT2D eigenvalue weighted by Gasteiger charge is 2.09. The minimum Gasteiger partial charge on any atom is -0.456 e. The number of amides is 1. The average Bonchev–Trinajstić information content (AvgIpc) is 2.62. The molecule has 134 valence electrons. The highest BCUT2D eigenvalue weighted by Crippen LogP contribution is 2.06. The number of carbonyl (C=O) groups excluding carboxylic acids is 2. The smallest absolute Gasteiger partial charge is 0.306 e. The van der Waals surface area contributed by atoms with Crippen LogP contribution in [0.5, 0.6) is 0 Å². The maximum absolute atomic E-state index is 11.9. The summed E-state index contributed by atoms with van der Waals surface area (Å²) in [7, 11) is 0. The van der Waals surface area contributed by atoms with Gasteiger partial charge in [0.25, 0.3) is 11.5 Å². The summed E-state index contributed by atoms with van der Waals surface area (Å²) in [5.41, 5.74) is 0.349. The molecule has 0 atom stereocenters. The van der Waals surface area contributed by atoms with Gasteiger partial charge in [-0.1, -0.05) is 31.9 Å². The van der Waals surface area contributed by atoms with Gasteiger partial charge in [0, 0.05) is 13.0 Å². The lowest BCUT2D eigenvalue weighted by Gasteiger charge is -2.06. The third kappa shape index (κ3) is 6.02. The molecule has 0 saturated heterocycles. The lowest BCUT2D eigenvalue weighted by Crippen LogP contribution is -2.29. The number of aromatic amines is 1. The number of aromatic nitrogens is 2. The first-order chi connectivity index (χ1) is 12.1. The first-order valence-electron chi connectivity index (χ1n) is 8.50. The Morgan fingerprint density at radius 2 is 2.04 bits per heavy atom. The molecule has 1 heterocycles. The zero-order valence-electron chi connectivity index (χ0n) is 14.3. The molecule has 2 N–H and O–H groups in total. The van der Waals surface area contributed by atoms with E-state index < -0.39 is 5.97 Å². The van der Waals surface area contributed by atoms with Crippen LogP contribution in [0, 0.1) is 0 Å².